The van der Waals surface area contributed by atoms with E-state index >= 15 is 0 Å². The summed E-state index contributed by atoms with van der Waals surface area (Å²) in [6.07, 6.45) is 6.33. The molecule has 2 N–H and O–H groups in total. The van der Waals surface area contributed by atoms with Gasteiger partial charge in [-0.2, -0.15) is 0 Å². The third-order valence-electron chi connectivity index (χ3n) is 6.22. The average Bonchev–Trinajstić information content (AvgIpc) is 2.79. The number of halogens is 2. The lowest BCUT2D eigenvalue weighted by atomic mass is 9.80. The van der Waals surface area contributed by atoms with E-state index in [1.54, 1.807) is 13.2 Å². The number of hydrogen-bond donors (Lipinski definition) is 2. The molecule has 1 saturated carbocycles. The van der Waals surface area contributed by atoms with Crippen molar-refractivity contribution in [3.05, 3.63) is 35.1 Å². The highest BCUT2D eigenvalue weighted by Gasteiger charge is 2.38. The predicted octanol–water partition coefficient (Wildman–Crippen LogP) is 3.68. The van der Waals surface area contributed by atoms with Gasteiger partial charge in [-0.1, -0.05) is 25.3 Å². The molecule has 0 unspecified atom stereocenters. The minimum Gasteiger partial charge on any atom is -0.380 e. The van der Waals surface area contributed by atoms with Crippen LogP contribution < -0.4 is 10.6 Å². The summed E-state index contributed by atoms with van der Waals surface area (Å²) in [5, 5.41) is 6.97. The maximum Gasteiger partial charge on any atom is 0.191 e. The number of ether oxygens (including phenoxy) is 2. The van der Waals surface area contributed by atoms with Crippen LogP contribution in [0.5, 0.6) is 0 Å². The maximum atomic E-state index is 13.9. The summed E-state index contributed by atoms with van der Waals surface area (Å²) in [5.74, 6) is 0.577. The van der Waals surface area contributed by atoms with E-state index in [2.05, 4.69) is 22.5 Å². The number of benzene rings is 1. The van der Waals surface area contributed by atoms with Gasteiger partial charge >= 0.3 is 0 Å². The Morgan fingerprint density at radius 1 is 1.19 bits per heavy atom. The zero-order valence-electron chi connectivity index (χ0n) is 18.9. The zero-order valence-corrected chi connectivity index (χ0v) is 21.3. The van der Waals surface area contributed by atoms with E-state index in [1.165, 1.54) is 38.2 Å². The van der Waals surface area contributed by atoms with Crippen LogP contribution in [0.3, 0.4) is 0 Å². The largest absolute Gasteiger partial charge is 0.380 e. The van der Waals surface area contributed by atoms with E-state index in [-0.39, 0.29) is 41.9 Å². The lowest BCUT2D eigenvalue weighted by molar-refractivity contribution is -0.0352. The highest BCUT2D eigenvalue weighted by atomic mass is 127. The van der Waals surface area contributed by atoms with Crippen molar-refractivity contribution in [1.29, 1.82) is 0 Å². The fourth-order valence-electron chi connectivity index (χ4n) is 4.61. The topological polar surface area (TPSA) is 58.1 Å². The van der Waals surface area contributed by atoms with E-state index in [0.29, 0.717) is 12.1 Å². The second-order valence-corrected chi connectivity index (χ2v) is 8.29. The molecule has 0 radical (unpaired) electrons. The first-order valence-corrected chi connectivity index (χ1v) is 11.3. The van der Waals surface area contributed by atoms with Gasteiger partial charge in [0, 0.05) is 44.4 Å². The normalized spacial score (nSPS) is 19.5. The van der Waals surface area contributed by atoms with Crippen molar-refractivity contribution in [1.82, 2.24) is 15.5 Å². The molecular weight excluding hydrogens is 510 g/mol. The maximum absolute atomic E-state index is 13.9. The average molecular weight is 548 g/mol. The van der Waals surface area contributed by atoms with Crippen molar-refractivity contribution in [2.75, 3.05) is 46.5 Å². The summed E-state index contributed by atoms with van der Waals surface area (Å²) in [4.78, 5) is 7.39. The molecule has 1 heterocycles. The number of methoxy groups -OCH3 is 1. The Balaban J connectivity index is 0.00000341. The first-order valence-electron chi connectivity index (χ1n) is 11.3. The van der Waals surface area contributed by atoms with Gasteiger partial charge in [0.15, 0.2) is 5.96 Å². The first-order chi connectivity index (χ1) is 14.7. The molecule has 31 heavy (non-hydrogen) atoms. The third kappa shape index (κ3) is 7.54. The van der Waals surface area contributed by atoms with Gasteiger partial charge in [-0.25, -0.2) is 9.38 Å². The Bertz CT molecular complexity index is 692. The molecule has 2 aliphatic rings. The van der Waals surface area contributed by atoms with Crippen molar-refractivity contribution >= 4 is 29.9 Å². The van der Waals surface area contributed by atoms with Crippen LogP contribution in [0.1, 0.15) is 50.2 Å². The highest BCUT2D eigenvalue weighted by Crippen LogP contribution is 2.33. The lowest BCUT2D eigenvalue weighted by Gasteiger charge is -2.48. The van der Waals surface area contributed by atoms with Crippen molar-refractivity contribution < 1.29 is 13.9 Å². The summed E-state index contributed by atoms with van der Waals surface area (Å²) in [5.41, 5.74) is 1.72. The van der Waals surface area contributed by atoms with Gasteiger partial charge in [0.1, 0.15) is 5.82 Å². The lowest BCUT2D eigenvalue weighted by Crippen LogP contribution is -2.60. The number of rotatable bonds is 8. The van der Waals surface area contributed by atoms with Gasteiger partial charge in [0.05, 0.1) is 26.4 Å². The number of aliphatic imine (C=N–C) groups is 1. The molecule has 0 bridgehead atoms. The molecule has 176 valence electrons. The number of nitrogens with one attached hydrogen (secondary N) is 2. The van der Waals surface area contributed by atoms with E-state index in [1.807, 2.05) is 6.07 Å². The van der Waals surface area contributed by atoms with Crippen LogP contribution in [0.4, 0.5) is 4.39 Å². The van der Waals surface area contributed by atoms with Crippen molar-refractivity contribution in [2.45, 2.75) is 57.7 Å². The van der Waals surface area contributed by atoms with E-state index < -0.39 is 0 Å². The second-order valence-electron chi connectivity index (χ2n) is 8.29. The van der Waals surface area contributed by atoms with Crippen LogP contribution in [0.15, 0.2) is 23.2 Å². The molecule has 1 saturated heterocycles. The summed E-state index contributed by atoms with van der Waals surface area (Å²) >= 11 is 0. The Morgan fingerprint density at radius 2 is 1.94 bits per heavy atom. The van der Waals surface area contributed by atoms with E-state index in [4.69, 9.17) is 14.5 Å². The molecule has 3 rings (SSSR count). The first kappa shape index (κ1) is 26.3. The molecule has 6 nitrogen and oxygen atoms in total. The SMILES string of the molecule is CCNC(=NCc1ccc(F)c(COC)c1)NCC1(N2CCOCC2)CCCCC1.I. The van der Waals surface area contributed by atoms with Gasteiger partial charge < -0.3 is 20.1 Å². The van der Waals surface area contributed by atoms with Crippen LogP contribution in [0, 0.1) is 5.82 Å². The van der Waals surface area contributed by atoms with Crippen LogP contribution in [0.25, 0.3) is 0 Å². The standard InChI is InChI=1S/C23H37FN4O2.HI/c1-3-25-22(26-16-19-7-8-21(24)20(15-19)17-29-2)27-18-23(9-5-4-6-10-23)28-11-13-30-14-12-28;/h7-8,15H,3-6,9-14,16-18H2,1-2H3,(H2,25,26,27);1H. The smallest absolute Gasteiger partial charge is 0.191 e. The summed E-state index contributed by atoms with van der Waals surface area (Å²) in [6, 6.07) is 5.12. The summed E-state index contributed by atoms with van der Waals surface area (Å²) < 4.78 is 24.5. The molecule has 0 atom stereocenters. The van der Waals surface area contributed by atoms with Crippen molar-refractivity contribution in [3.8, 4) is 0 Å². The molecule has 0 spiro atoms. The molecular formula is C23H38FIN4O2. The number of nitrogens with zero attached hydrogens (tertiary/aromatic N) is 2. The fraction of sp³-hybridized carbons (Fsp3) is 0.696. The monoisotopic (exact) mass is 548 g/mol. The Kier molecular flexibility index (Phi) is 11.5. The minimum absolute atomic E-state index is 0. The number of morpholine rings is 1. The van der Waals surface area contributed by atoms with E-state index in [9.17, 15) is 4.39 Å². The second kappa shape index (κ2) is 13.5. The summed E-state index contributed by atoms with van der Waals surface area (Å²) in [6.45, 7) is 8.19. The molecule has 1 aromatic carbocycles. The molecule has 2 fully saturated rings. The van der Waals surface area contributed by atoms with Crippen LogP contribution in [-0.2, 0) is 22.6 Å². The van der Waals surface area contributed by atoms with Gasteiger partial charge in [0.25, 0.3) is 0 Å². The summed E-state index contributed by atoms with van der Waals surface area (Å²) in [7, 11) is 1.58. The molecule has 1 aliphatic heterocycles. The van der Waals surface area contributed by atoms with E-state index in [0.717, 1.165) is 50.9 Å². The molecule has 1 aromatic rings. The van der Waals surface area contributed by atoms with Gasteiger partial charge in [0.2, 0.25) is 0 Å². The van der Waals surface area contributed by atoms with Crippen LogP contribution >= 0.6 is 24.0 Å². The van der Waals surface area contributed by atoms with Gasteiger partial charge in [-0.3, -0.25) is 4.90 Å². The molecule has 0 amide bonds. The van der Waals surface area contributed by atoms with Crippen LogP contribution in [-0.4, -0.2) is 62.9 Å². The molecule has 8 heteroatoms. The van der Waals surface area contributed by atoms with Gasteiger partial charge in [-0.05, 0) is 37.5 Å². The van der Waals surface area contributed by atoms with Crippen LogP contribution in [0.2, 0.25) is 0 Å². The highest BCUT2D eigenvalue weighted by molar-refractivity contribution is 14.0. The Labute approximate surface area is 203 Å². The molecule has 0 aromatic heterocycles. The van der Waals surface area contributed by atoms with Crippen molar-refractivity contribution in [2.24, 2.45) is 4.99 Å². The Hall–Kier alpha value is -0.970. The predicted molar refractivity (Wildman–Crippen MR) is 134 cm³/mol. The van der Waals surface area contributed by atoms with Gasteiger partial charge in [-0.15, -0.1) is 24.0 Å². The quantitative estimate of drug-likeness (QED) is 0.295. The molecule has 1 aliphatic carbocycles. The van der Waals surface area contributed by atoms with Crippen molar-refractivity contribution in [3.63, 3.8) is 0 Å². The number of guanidine groups is 1. The minimum atomic E-state index is -0.237. The Morgan fingerprint density at radius 3 is 2.61 bits per heavy atom. The fourth-order valence-corrected chi connectivity index (χ4v) is 4.61. The number of hydrogen-bond acceptors (Lipinski definition) is 4. The third-order valence-corrected chi connectivity index (χ3v) is 6.22. The zero-order chi connectivity index (χ0) is 21.2.